The average Bonchev–Trinajstić information content (AvgIpc) is 3.41. The third kappa shape index (κ3) is 5.41. The van der Waals surface area contributed by atoms with Gasteiger partial charge >= 0.3 is 5.97 Å². The van der Waals surface area contributed by atoms with E-state index >= 15 is 0 Å². The molecule has 0 amide bonds. The Bertz CT molecular complexity index is 1180. The van der Waals surface area contributed by atoms with Crippen molar-refractivity contribution in [2.45, 2.75) is 52.4 Å². The first-order valence-corrected chi connectivity index (χ1v) is 12.9. The largest absolute Gasteiger partial charge is 0.491 e. The fraction of sp³-hybridized carbons (Fsp3) is 0.387. The summed E-state index contributed by atoms with van der Waals surface area (Å²) in [6, 6.07) is 17.6. The van der Waals surface area contributed by atoms with Gasteiger partial charge in [0, 0.05) is 24.3 Å². The first-order chi connectivity index (χ1) is 17.3. The van der Waals surface area contributed by atoms with Gasteiger partial charge < -0.3 is 19.8 Å². The number of rotatable bonds is 9. The van der Waals surface area contributed by atoms with Crippen LogP contribution in [-0.2, 0) is 0 Å². The van der Waals surface area contributed by atoms with Crippen molar-refractivity contribution in [2.75, 3.05) is 31.2 Å². The summed E-state index contributed by atoms with van der Waals surface area (Å²) in [5, 5.41) is 18.7. The normalized spacial score (nSPS) is 13.6. The molecule has 0 spiro atoms. The Morgan fingerprint density at radius 1 is 0.861 bits per heavy atom. The number of hydrogen-bond donors (Lipinski definition) is 2. The molecular formula is C31H37NO4. The van der Waals surface area contributed by atoms with Gasteiger partial charge in [0.25, 0.3) is 0 Å². The zero-order valence-corrected chi connectivity index (χ0v) is 21.8. The summed E-state index contributed by atoms with van der Waals surface area (Å²) in [5.74, 6) is 0.530. The maximum Gasteiger partial charge on any atom is 0.335 e. The number of hydrogen-bond acceptors (Lipinski definition) is 4. The van der Waals surface area contributed by atoms with E-state index < -0.39 is 5.97 Å². The van der Waals surface area contributed by atoms with Crippen LogP contribution in [0.1, 0.15) is 73.9 Å². The molecule has 1 aliphatic heterocycles. The van der Waals surface area contributed by atoms with Crippen molar-refractivity contribution in [1.82, 2.24) is 0 Å². The highest BCUT2D eigenvalue weighted by molar-refractivity contribution is 5.88. The van der Waals surface area contributed by atoms with Crippen LogP contribution in [0.5, 0.6) is 5.75 Å². The van der Waals surface area contributed by atoms with Gasteiger partial charge in [-0.2, -0.15) is 0 Å². The monoisotopic (exact) mass is 487 g/mol. The summed E-state index contributed by atoms with van der Waals surface area (Å²) in [4.78, 5) is 13.8. The van der Waals surface area contributed by atoms with Crippen LogP contribution in [-0.4, -0.2) is 42.5 Å². The first-order valence-electron chi connectivity index (χ1n) is 12.9. The number of nitrogens with zero attached hydrogens (tertiary/aromatic N) is 1. The molecule has 1 heterocycles. The fourth-order valence-corrected chi connectivity index (χ4v) is 5.04. The molecule has 0 aromatic heterocycles. The molecule has 1 fully saturated rings. The van der Waals surface area contributed by atoms with Crippen LogP contribution in [0.4, 0.5) is 5.69 Å². The molecule has 3 aromatic rings. The minimum absolute atomic E-state index is 0.0553. The molecule has 0 bridgehead atoms. The molecule has 0 aliphatic carbocycles. The highest BCUT2D eigenvalue weighted by atomic mass is 16.5. The number of benzene rings is 3. The number of carbonyl (C=O) groups is 1. The summed E-state index contributed by atoms with van der Waals surface area (Å²) in [5.41, 5.74) is 8.35. The second-order valence-corrected chi connectivity index (χ2v) is 10.2. The van der Waals surface area contributed by atoms with Crippen LogP contribution in [0.2, 0.25) is 0 Å². The lowest BCUT2D eigenvalue weighted by molar-refractivity contribution is 0.0697. The predicted molar refractivity (Wildman–Crippen MR) is 146 cm³/mol. The lowest BCUT2D eigenvalue weighted by Crippen LogP contribution is -2.22. The lowest BCUT2D eigenvalue weighted by atomic mass is 9.87. The van der Waals surface area contributed by atoms with Crippen LogP contribution in [0.3, 0.4) is 0 Å². The van der Waals surface area contributed by atoms with Crippen molar-refractivity contribution < 1.29 is 19.7 Å². The first kappa shape index (κ1) is 25.8. The number of ether oxygens (including phenoxy) is 1. The third-order valence-electron chi connectivity index (χ3n) is 6.94. The van der Waals surface area contributed by atoms with E-state index in [2.05, 4.69) is 50.8 Å². The van der Waals surface area contributed by atoms with E-state index in [9.17, 15) is 15.0 Å². The molecule has 4 rings (SSSR count). The fourth-order valence-electron chi connectivity index (χ4n) is 5.04. The van der Waals surface area contributed by atoms with Crippen LogP contribution >= 0.6 is 0 Å². The minimum atomic E-state index is -0.935. The van der Waals surface area contributed by atoms with E-state index in [-0.39, 0.29) is 18.8 Å². The van der Waals surface area contributed by atoms with Gasteiger partial charge in [-0.3, -0.25) is 0 Å². The predicted octanol–water partition coefficient (Wildman–Crippen LogP) is 6.94. The number of aliphatic hydroxyl groups excluding tert-OH is 1. The van der Waals surface area contributed by atoms with Gasteiger partial charge in [0.2, 0.25) is 0 Å². The summed E-state index contributed by atoms with van der Waals surface area (Å²) in [6.45, 7) is 11.4. The van der Waals surface area contributed by atoms with E-state index in [4.69, 9.17) is 4.74 Å². The SMILES string of the molecule is CC(C)c1cc(-c2cc(-c3ccc(C(=O)O)cc3)ccc2OCCO)cc(C(C)C)c1N1CCCC1. The Balaban J connectivity index is 1.88. The van der Waals surface area contributed by atoms with Crippen molar-refractivity contribution >= 4 is 11.7 Å². The van der Waals surface area contributed by atoms with Crippen molar-refractivity contribution in [3.8, 4) is 28.0 Å². The van der Waals surface area contributed by atoms with Gasteiger partial charge in [-0.15, -0.1) is 0 Å². The van der Waals surface area contributed by atoms with E-state index in [1.807, 2.05) is 24.3 Å². The Morgan fingerprint density at radius 2 is 1.44 bits per heavy atom. The molecule has 0 unspecified atom stereocenters. The van der Waals surface area contributed by atoms with Crippen molar-refractivity contribution in [1.29, 1.82) is 0 Å². The second-order valence-electron chi connectivity index (χ2n) is 10.2. The summed E-state index contributed by atoms with van der Waals surface area (Å²) < 4.78 is 5.97. The quantitative estimate of drug-likeness (QED) is 0.342. The van der Waals surface area contributed by atoms with Crippen LogP contribution < -0.4 is 9.64 Å². The minimum Gasteiger partial charge on any atom is -0.491 e. The van der Waals surface area contributed by atoms with Gasteiger partial charge in [-0.05, 0) is 88.9 Å². The number of carboxylic acids is 1. The van der Waals surface area contributed by atoms with Gasteiger partial charge in [0.15, 0.2) is 0 Å². The number of carboxylic acid groups (broad SMARTS) is 1. The van der Waals surface area contributed by atoms with Crippen molar-refractivity contribution in [3.05, 3.63) is 71.3 Å². The Hall–Kier alpha value is -3.31. The Labute approximate surface area is 214 Å². The molecule has 0 atom stereocenters. The van der Waals surface area contributed by atoms with Crippen LogP contribution in [0.25, 0.3) is 22.3 Å². The molecule has 1 aliphatic rings. The Morgan fingerprint density at radius 3 is 1.97 bits per heavy atom. The second kappa shape index (κ2) is 11.2. The van der Waals surface area contributed by atoms with Gasteiger partial charge in [0.05, 0.1) is 12.2 Å². The average molecular weight is 488 g/mol. The van der Waals surface area contributed by atoms with E-state index in [1.165, 1.54) is 29.7 Å². The number of aliphatic hydroxyl groups is 1. The Kier molecular flexibility index (Phi) is 8.00. The van der Waals surface area contributed by atoms with E-state index in [1.54, 1.807) is 12.1 Å². The highest BCUT2D eigenvalue weighted by Gasteiger charge is 2.24. The zero-order chi connectivity index (χ0) is 25.8. The molecule has 2 N–H and O–H groups in total. The molecule has 1 saturated heterocycles. The van der Waals surface area contributed by atoms with Gasteiger partial charge in [0.1, 0.15) is 12.4 Å². The topological polar surface area (TPSA) is 70.0 Å². The molecule has 0 saturated carbocycles. The molecule has 36 heavy (non-hydrogen) atoms. The summed E-state index contributed by atoms with van der Waals surface area (Å²) >= 11 is 0. The smallest absolute Gasteiger partial charge is 0.335 e. The van der Waals surface area contributed by atoms with Gasteiger partial charge in [-0.1, -0.05) is 45.9 Å². The highest BCUT2D eigenvalue weighted by Crippen LogP contribution is 2.43. The summed E-state index contributed by atoms with van der Waals surface area (Å²) in [7, 11) is 0. The molecule has 5 nitrogen and oxygen atoms in total. The van der Waals surface area contributed by atoms with Gasteiger partial charge in [-0.25, -0.2) is 4.79 Å². The number of aromatic carboxylic acids is 1. The van der Waals surface area contributed by atoms with Crippen LogP contribution in [0.15, 0.2) is 54.6 Å². The standard InChI is InChI=1S/C31H37NO4/c1-20(2)26-18-25(19-27(21(3)4)30(26)32-13-5-6-14-32)28-17-24(11-12-29(28)36-16-15-33)22-7-9-23(10-8-22)31(34)35/h7-12,17-21,33H,5-6,13-16H2,1-4H3,(H,34,35). The molecule has 5 heteroatoms. The molecule has 190 valence electrons. The van der Waals surface area contributed by atoms with Crippen molar-refractivity contribution in [2.24, 2.45) is 0 Å². The summed E-state index contributed by atoms with van der Waals surface area (Å²) in [6.07, 6.45) is 2.47. The third-order valence-corrected chi connectivity index (χ3v) is 6.94. The van der Waals surface area contributed by atoms with E-state index in [0.717, 1.165) is 41.1 Å². The maximum absolute atomic E-state index is 11.3. The number of anilines is 1. The molecule has 3 aromatic carbocycles. The lowest BCUT2D eigenvalue weighted by Gasteiger charge is -2.29. The molecule has 0 radical (unpaired) electrons. The molecular weight excluding hydrogens is 450 g/mol. The van der Waals surface area contributed by atoms with Crippen molar-refractivity contribution in [3.63, 3.8) is 0 Å². The zero-order valence-electron chi connectivity index (χ0n) is 21.8. The van der Waals surface area contributed by atoms with E-state index in [0.29, 0.717) is 11.8 Å². The maximum atomic E-state index is 11.3. The van der Waals surface area contributed by atoms with Crippen LogP contribution in [0, 0.1) is 0 Å².